The number of nitro benzene ring substituents is 1. The molecule has 3 N–H and O–H groups in total. The van der Waals surface area contributed by atoms with E-state index in [1.54, 1.807) is 12.4 Å². The quantitative estimate of drug-likeness (QED) is 0.419. The zero-order valence-corrected chi connectivity index (χ0v) is 18.1. The SMILES string of the molecule is Nc1ncn(CCC2CCNCC2)c2nc(Sc3cc4c(cc3[N+](=O)[O-])OCCO4)nc1-2. The number of aryl methyl sites for hydroxylation is 1. The molecule has 168 valence electrons. The Balaban J connectivity index is 1.43. The number of hydrogen-bond donors (Lipinski definition) is 2. The maximum atomic E-state index is 11.6. The lowest BCUT2D eigenvalue weighted by Gasteiger charge is -2.23. The lowest BCUT2D eigenvalue weighted by atomic mass is 9.95. The molecule has 12 heteroatoms. The molecule has 4 aliphatic heterocycles. The van der Waals surface area contributed by atoms with Crippen molar-refractivity contribution in [2.24, 2.45) is 5.92 Å². The molecule has 1 aromatic rings. The minimum absolute atomic E-state index is 0.0852. The predicted octanol–water partition coefficient (Wildman–Crippen LogP) is 2.58. The van der Waals surface area contributed by atoms with Gasteiger partial charge in [0.1, 0.15) is 13.2 Å². The smallest absolute Gasteiger partial charge is 0.287 e. The molecule has 4 heterocycles. The third-order valence-electron chi connectivity index (χ3n) is 5.73. The largest absolute Gasteiger partial charge is 0.486 e. The van der Waals surface area contributed by atoms with Crippen LogP contribution in [0.2, 0.25) is 0 Å². The van der Waals surface area contributed by atoms with Crippen molar-refractivity contribution in [1.82, 2.24) is 24.8 Å². The van der Waals surface area contributed by atoms with Gasteiger partial charge in [-0.25, -0.2) is 15.0 Å². The van der Waals surface area contributed by atoms with E-state index in [0.29, 0.717) is 52.2 Å². The van der Waals surface area contributed by atoms with E-state index in [-0.39, 0.29) is 11.5 Å². The van der Waals surface area contributed by atoms with Crippen molar-refractivity contribution in [3.63, 3.8) is 0 Å². The van der Waals surface area contributed by atoms with Crippen LogP contribution in [-0.2, 0) is 6.54 Å². The number of hydrogen-bond acceptors (Lipinski definition) is 10. The molecule has 32 heavy (non-hydrogen) atoms. The first-order valence-corrected chi connectivity index (χ1v) is 11.3. The Morgan fingerprint density at radius 3 is 2.72 bits per heavy atom. The Morgan fingerprint density at radius 2 is 1.97 bits per heavy atom. The Morgan fingerprint density at radius 1 is 1.22 bits per heavy atom. The van der Waals surface area contributed by atoms with Crippen LogP contribution in [0, 0.1) is 16.0 Å². The summed E-state index contributed by atoms with van der Waals surface area (Å²) in [5.41, 5.74) is 6.47. The van der Waals surface area contributed by atoms with Crippen molar-refractivity contribution in [2.75, 3.05) is 32.0 Å². The van der Waals surface area contributed by atoms with E-state index in [2.05, 4.69) is 20.3 Å². The lowest BCUT2D eigenvalue weighted by Crippen LogP contribution is -2.28. The monoisotopic (exact) mass is 457 g/mol. The number of fused-ring (bicyclic) bond motifs is 2. The van der Waals surface area contributed by atoms with E-state index in [9.17, 15) is 10.1 Å². The predicted molar refractivity (Wildman–Crippen MR) is 117 cm³/mol. The highest BCUT2D eigenvalue weighted by Crippen LogP contribution is 2.43. The molecular weight excluding hydrogens is 434 g/mol. The van der Waals surface area contributed by atoms with Gasteiger partial charge in [0.25, 0.3) is 5.69 Å². The summed E-state index contributed by atoms with van der Waals surface area (Å²) in [5.74, 6) is 2.42. The average Bonchev–Trinajstić information content (AvgIpc) is 3.23. The molecule has 4 aliphatic rings. The minimum atomic E-state index is -0.446. The first-order chi connectivity index (χ1) is 15.6. The minimum Gasteiger partial charge on any atom is -0.486 e. The van der Waals surface area contributed by atoms with E-state index in [1.807, 2.05) is 4.57 Å². The molecule has 0 radical (unpaired) electrons. The van der Waals surface area contributed by atoms with Gasteiger partial charge < -0.3 is 25.1 Å². The van der Waals surface area contributed by atoms with Gasteiger partial charge in [-0.15, -0.1) is 0 Å². The van der Waals surface area contributed by atoms with E-state index >= 15 is 0 Å². The summed E-state index contributed by atoms with van der Waals surface area (Å²) in [6, 6.07) is 2.99. The van der Waals surface area contributed by atoms with Gasteiger partial charge in [-0.2, -0.15) is 0 Å². The first-order valence-electron chi connectivity index (χ1n) is 10.5. The van der Waals surface area contributed by atoms with Crippen LogP contribution in [0.1, 0.15) is 19.3 Å². The maximum Gasteiger partial charge on any atom is 0.287 e. The average molecular weight is 458 g/mol. The van der Waals surface area contributed by atoms with Gasteiger partial charge in [-0.1, -0.05) is 0 Å². The number of aromatic nitrogens is 4. The third kappa shape index (κ3) is 4.15. The summed E-state index contributed by atoms with van der Waals surface area (Å²) in [6.07, 6.45) is 5.03. The summed E-state index contributed by atoms with van der Waals surface area (Å²) in [7, 11) is 0. The van der Waals surface area contributed by atoms with Gasteiger partial charge in [0.15, 0.2) is 34.0 Å². The molecule has 0 aliphatic carbocycles. The Bertz CT molecular complexity index is 1120. The molecule has 0 aromatic heterocycles. The second-order valence-electron chi connectivity index (χ2n) is 7.81. The van der Waals surface area contributed by atoms with Gasteiger partial charge in [0.2, 0.25) is 0 Å². The summed E-state index contributed by atoms with van der Waals surface area (Å²) in [5, 5.41) is 15.4. The number of nitrogen functional groups attached to an aromatic ring is 1. The number of nitrogens with two attached hydrogens (primary N) is 1. The summed E-state index contributed by atoms with van der Waals surface area (Å²) >= 11 is 1.10. The summed E-state index contributed by atoms with van der Waals surface area (Å²) in [6.45, 7) is 3.62. The number of ether oxygens (including phenoxy) is 2. The number of anilines is 1. The Labute approximate surface area is 188 Å². The van der Waals surface area contributed by atoms with Crippen molar-refractivity contribution in [3.05, 3.63) is 28.6 Å². The number of nitrogens with one attached hydrogen (secondary N) is 1. The standard InChI is InChI=1S/C20H23N7O4S/c21-18-17-19(26(11-23-18)6-3-12-1-4-22-5-2-12)25-20(24-17)32-16-10-15-14(30-7-8-31-15)9-13(16)27(28)29/h9-12,22H,1-8,21H2. The van der Waals surface area contributed by atoms with Gasteiger partial charge in [-0.3, -0.25) is 10.1 Å². The molecule has 0 spiro atoms. The van der Waals surface area contributed by atoms with E-state index in [4.69, 9.17) is 15.2 Å². The summed E-state index contributed by atoms with van der Waals surface area (Å²) < 4.78 is 13.0. The van der Waals surface area contributed by atoms with Crippen LogP contribution in [0.3, 0.4) is 0 Å². The lowest BCUT2D eigenvalue weighted by molar-refractivity contribution is -0.387. The number of rotatable bonds is 6. The van der Waals surface area contributed by atoms with Crippen molar-refractivity contribution < 1.29 is 14.4 Å². The van der Waals surface area contributed by atoms with Gasteiger partial charge in [0, 0.05) is 12.6 Å². The molecule has 0 atom stereocenters. The number of imidazole rings is 1. The topological polar surface area (TPSA) is 143 Å². The van der Waals surface area contributed by atoms with Crippen LogP contribution in [0.15, 0.2) is 28.5 Å². The molecule has 0 saturated carbocycles. The second kappa shape index (κ2) is 8.79. The van der Waals surface area contributed by atoms with Crippen molar-refractivity contribution in [3.8, 4) is 23.0 Å². The van der Waals surface area contributed by atoms with Crippen LogP contribution < -0.4 is 20.5 Å². The van der Waals surface area contributed by atoms with E-state index < -0.39 is 4.92 Å². The van der Waals surface area contributed by atoms with Crippen LogP contribution in [0.25, 0.3) is 11.5 Å². The molecule has 0 amide bonds. The molecule has 1 saturated heterocycles. The van der Waals surface area contributed by atoms with Crippen molar-refractivity contribution in [2.45, 2.75) is 35.9 Å². The zero-order chi connectivity index (χ0) is 22.1. The Kier molecular flexibility index (Phi) is 5.70. The number of benzene rings is 1. The fraction of sp³-hybridized carbons (Fsp3) is 0.450. The zero-order valence-electron chi connectivity index (χ0n) is 17.3. The highest BCUT2D eigenvalue weighted by Gasteiger charge is 2.26. The highest BCUT2D eigenvalue weighted by atomic mass is 32.2. The fourth-order valence-corrected chi connectivity index (χ4v) is 4.89. The van der Waals surface area contributed by atoms with Gasteiger partial charge >= 0.3 is 0 Å². The fourth-order valence-electron chi connectivity index (χ4n) is 4.02. The van der Waals surface area contributed by atoms with Gasteiger partial charge in [0.05, 0.1) is 22.2 Å². The van der Waals surface area contributed by atoms with Crippen LogP contribution in [0.4, 0.5) is 11.5 Å². The van der Waals surface area contributed by atoms with E-state index in [1.165, 1.54) is 6.07 Å². The molecular formula is C20H23N7O4S. The number of nitro groups is 1. The molecule has 1 aromatic carbocycles. The van der Waals surface area contributed by atoms with E-state index in [0.717, 1.165) is 50.7 Å². The van der Waals surface area contributed by atoms with Crippen LogP contribution in [-0.4, -0.2) is 50.7 Å². The summed E-state index contributed by atoms with van der Waals surface area (Å²) in [4.78, 5) is 25.0. The molecule has 0 unspecified atom stereocenters. The molecule has 11 nitrogen and oxygen atoms in total. The first kappa shape index (κ1) is 20.8. The highest BCUT2D eigenvalue weighted by molar-refractivity contribution is 7.99. The number of piperidine rings is 1. The maximum absolute atomic E-state index is 11.6. The van der Waals surface area contributed by atoms with Crippen LogP contribution in [0.5, 0.6) is 11.5 Å². The molecule has 1 fully saturated rings. The van der Waals surface area contributed by atoms with Crippen molar-refractivity contribution in [1.29, 1.82) is 0 Å². The Hall–Kier alpha value is -3.12. The normalized spacial score (nSPS) is 16.4. The second-order valence-corrected chi connectivity index (χ2v) is 8.82. The molecule has 0 bridgehead atoms. The van der Waals surface area contributed by atoms with Gasteiger partial charge in [-0.05, 0) is 50.0 Å². The third-order valence-corrected chi connectivity index (χ3v) is 6.64. The molecule has 5 rings (SSSR count). The van der Waals surface area contributed by atoms with Crippen LogP contribution >= 0.6 is 11.8 Å². The number of nitrogens with zero attached hydrogens (tertiary/aromatic N) is 5. The van der Waals surface area contributed by atoms with Crippen molar-refractivity contribution >= 4 is 23.3 Å².